The predicted molar refractivity (Wildman–Crippen MR) is 137 cm³/mol. The van der Waals surface area contributed by atoms with Crippen LogP contribution >= 0.6 is 11.3 Å². The number of carbonyl (C=O) groups is 1. The van der Waals surface area contributed by atoms with Crippen LogP contribution in [-0.2, 0) is 10.0 Å². The van der Waals surface area contributed by atoms with Gasteiger partial charge in [0.1, 0.15) is 16.4 Å². The SMILES string of the molecule is COc1ccc(-c2sc(NC(=O)N3CCCCCC3)nc2C)cc1S(=O)(=O)Nc1ccc(O)cc1. The molecule has 35 heavy (non-hydrogen) atoms. The van der Waals surface area contributed by atoms with E-state index in [1.807, 2.05) is 11.8 Å². The van der Waals surface area contributed by atoms with Crippen molar-refractivity contribution in [3.63, 3.8) is 0 Å². The number of likely N-dealkylation sites (tertiary alicyclic amines) is 1. The van der Waals surface area contributed by atoms with Crippen molar-refractivity contribution in [1.29, 1.82) is 0 Å². The van der Waals surface area contributed by atoms with Crippen molar-refractivity contribution < 1.29 is 23.1 Å². The van der Waals surface area contributed by atoms with E-state index in [1.54, 1.807) is 12.1 Å². The van der Waals surface area contributed by atoms with E-state index in [9.17, 15) is 18.3 Å². The van der Waals surface area contributed by atoms with E-state index >= 15 is 0 Å². The molecule has 0 unspecified atom stereocenters. The number of rotatable bonds is 6. The minimum absolute atomic E-state index is 0.0338. The molecule has 0 saturated carbocycles. The Morgan fingerprint density at radius 1 is 1.09 bits per heavy atom. The van der Waals surface area contributed by atoms with Crippen molar-refractivity contribution >= 4 is 38.2 Å². The largest absolute Gasteiger partial charge is 0.508 e. The number of nitrogens with zero attached hydrogens (tertiary/aromatic N) is 2. The molecule has 0 bridgehead atoms. The van der Waals surface area contributed by atoms with Crippen LogP contribution in [0.4, 0.5) is 15.6 Å². The number of urea groups is 1. The van der Waals surface area contributed by atoms with Gasteiger partial charge in [-0.2, -0.15) is 0 Å². The molecule has 0 radical (unpaired) electrons. The highest BCUT2D eigenvalue weighted by Crippen LogP contribution is 2.37. The monoisotopic (exact) mass is 516 g/mol. The summed E-state index contributed by atoms with van der Waals surface area (Å²) in [6.07, 6.45) is 4.26. The molecule has 1 aliphatic rings. The highest BCUT2D eigenvalue weighted by molar-refractivity contribution is 7.92. The van der Waals surface area contributed by atoms with Crippen LogP contribution in [0.3, 0.4) is 0 Å². The second kappa shape index (κ2) is 10.5. The van der Waals surface area contributed by atoms with E-state index in [-0.39, 0.29) is 22.4 Å². The number of phenolic OH excluding ortho intramolecular Hbond substituents is 1. The van der Waals surface area contributed by atoms with Crippen molar-refractivity contribution in [2.75, 3.05) is 30.2 Å². The van der Waals surface area contributed by atoms with E-state index in [4.69, 9.17) is 4.74 Å². The smallest absolute Gasteiger partial charge is 0.323 e. The third kappa shape index (κ3) is 5.85. The Kier molecular flexibility index (Phi) is 7.46. The van der Waals surface area contributed by atoms with Gasteiger partial charge >= 0.3 is 6.03 Å². The lowest BCUT2D eigenvalue weighted by Gasteiger charge is -2.19. The Hall–Kier alpha value is -3.31. The van der Waals surface area contributed by atoms with Gasteiger partial charge in [0, 0.05) is 18.8 Å². The average Bonchev–Trinajstić information content (AvgIpc) is 3.02. The van der Waals surface area contributed by atoms with Crippen LogP contribution < -0.4 is 14.8 Å². The quantitative estimate of drug-likeness (QED) is 0.395. The van der Waals surface area contributed by atoms with Crippen molar-refractivity contribution in [1.82, 2.24) is 9.88 Å². The van der Waals surface area contributed by atoms with Crippen LogP contribution in [0.1, 0.15) is 31.4 Å². The zero-order chi connectivity index (χ0) is 25.0. The number of sulfonamides is 1. The number of aryl methyl sites for hydroxylation is 1. The summed E-state index contributed by atoms with van der Waals surface area (Å²) in [5, 5.41) is 12.8. The van der Waals surface area contributed by atoms with Gasteiger partial charge in [-0.25, -0.2) is 18.2 Å². The van der Waals surface area contributed by atoms with Gasteiger partial charge in [-0.3, -0.25) is 10.0 Å². The summed E-state index contributed by atoms with van der Waals surface area (Å²) >= 11 is 1.29. The van der Waals surface area contributed by atoms with Gasteiger partial charge in [-0.05, 0) is 67.8 Å². The second-order valence-electron chi connectivity index (χ2n) is 8.28. The van der Waals surface area contributed by atoms with Crippen LogP contribution in [0, 0.1) is 6.92 Å². The topological polar surface area (TPSA) is 121 Å². The minimum Gasteiger partial charge on any atom is -0.508 e. The maximum absolute atomic E-state index is 13.2. The van der Waals surface area contributed by atoms with Crippen molar-refractivity contribution in [2.24, 2.45) is 0 Å². The van der Waals surface area contributed by atoms with Crippen molar-refractivity contribution in [2.45, 2.75) is 37.5 Å². The van der Waals surface area contributed by atoms with Crippen LogP contribution in [0.15, 0.2) is 47.4 Å². The molecular weight excluding hydrogens is 488 g/mol. The number of phenols is 1. The lowest BCUT2D eigenvalue weighted by atomic mass is 10.1. The van der Waals surface area contributed by atoms with E-state index in [0.717, 1.165) is 43.6 Å². The lowest BCUT2D eigenvalue weighted by Crippen LogP contribution is -2.35. The second-order valence-corrected chi connectivity index (χ2v) is 10.9. The van der Waals surface area contributed by atoms with Gasteiger partial charge in [-0.15, -0.1) is 0 Å². The normalized spacial score (nSPS) is 14.3. The summed E-state index contributed by atoms with van der Waals surface area (Å²) in [6.45, 7) is 3.29. The van der Waals surface area contributed by atoms with Gasteiger partial charge in [0.15, 0.2) is 5.13 Å². The highest BCUT2D eigenvalue weighted by atomic mass is 32.2. The Bertz CT molecular complexity index is 1300. The molecule has 3 aromatic rings. The third-order valence-electron chi connectivity index (χ3n) is 5.74. The van der Waals surface area contributed by atoms with Crippen molar-refractivity contribution in [3.8, 4) is 21.9 Å². The van der Waals surface area contributed by atoms with Crippen LogP contribution in [-0.4, -0.2) is 49.6 Å². The number of thiazole rings is 1. The number of aromatic hydroxyl groups is 1. The predicted octanol–water partition coefficient (Wildman–Crippen LogP) is 5.04. The number of ether oxygens (including phenoxy) is 1. The molecule has 3 N–H and O–H groups in total. The Balaban J connectivity index is 1.59. The first-order chi connectivity index (χ1) is 16.8. The number of benzene rings is 2. The van der Waals surface area contributed by atoms with Gasteiger partial charge in [0.05, 0.1) is 17.7 Å². The summed E-state index contributed by atoms with van der Waals surface area (Å²) < 4.78 is 34.1. The molecule has 0 atom stereocenters. The van der Waals surface area contributed by atoms with E-state index in [1.165, 1.54) is 48.8 Å². The molecule has 2 amide bonds. The molecule has 1 fully saturated rings. The molecule has 0 aliphatic carbocycles. The summed E-state index contributed by atoms with van der Waals surface area (Å²) in [6, 6.07) is 10.5. The number of hydrogen-bond donors (Lipinski definition) is 3. The zero-order valence-corrected chi connectivity index (χ0v) is 21.2. The summed E-state index contributed by atoms with van der Waals surface area (Å²) in [4.78, 5) is 19.7. The van der Waals surface area contributed by atoms with E-state index < -0.39 is 10.0 Å². The fourth-order valence-corrected chi connectivity index (χ4v) is 6.14. The first kappa shape index (κ1) is 24.8. The highest BCUT2D eigenvalue weighted by Gasteiger charge is 2.23. The minimum atomic E-state index is -3.99. The fraction of sp³-hybridized carbons (Fsp3) is 0.333. The van der Waals surface area contributed by atoms with E-state index in [0.29, 0.717) is 22.1 Å². The Morgan fingerprint density at radius 3 is 2.43 bits per heavy atom. The van der Waals surface area contributed by atoms with Gasteiger partial charge < -0.3 is 14.7 Å². The third-order valence-corrected chi connectivity index (χ3v) is 8.26. The van der Waals surface area contributed by atoms with Crippen LogP contribution in [0.2, 0.25) is 0 Å². The molecule has 4 rings (SSSR count). The Labute approximate surface area is 208 Å². The maximum atomic E-state index is 13.2. The molecular formula is C24H28N4O5S2. The Morgan fingerprint density at radius 2 is 1.77 bits per heavy atom. The zero-order valence-electron chi connectivity index (χ0n) is 19.6. The number of aromatic nitrogens is 1. The first-order valence-electron chi connectivity index (χ1n) is 11.3. The summed E-state index contributed by atoms with van der Waals surface area (Å²) in [5.74, 6) is 0.226. The fourth-order valence-electron chi connectivity index (χ4n) is 3.93. The van der Waals surface area contributed by atoms with E-state index in [2.05, 4.69) is 15.0 Å². The number of methoxy groups -OCH3 is 1. The molecule has 1 aliphatic heterocycles. The number of hydrogen-bond acceptors (Lipinski definition) is 7. The molecule has 186 valence electrons. The van der Waals surface area contributed by atoms with Gasteiger partial charge in [-0.1, -0.05) is 24.2 Å². The van der Waals surface area contributed by atoms with Crippen LogP contribution in [0.5, 0.6) is 11.5 Å². The number of nitrogens with one attached hydrogen (secondary N) is 2. The van der Waals surface area contributed by atoms with Crippen LogP contribution in [0.25, 0.3) is 10.4 Å². The average molecular weight is 517 g/mol. The lowest BCUT2D eigenvalue weighted by molar-refractivity contribution is 0.214. The summed E-state index contributed by atoms with van der Waals surface area (Å²) in [7, 11) is -2.59. The molecule has 2 heterocycles. The molecule has 1 aromatic heterocycles. The number of carbonyl (C=O) groups excluding carboxylic acids is 1. The van der Waals surface area contributed by atoms with Gasteiger partial charge in [0.2, 0.25) is 0 Å². The molecule has 9 nitrogen and oxygen atoms in total. The number of anilines is 2. The molecule has 1 saturated heterocycles. The van der Waals surface area contributed by atoms with Crippen molar-refractivity contribution in [3.05, 3.63) is 48.2 Å². The maximum Gasteiger partial charge on any atom is 0.323 e. The van der Waals surface area contributed by atoms with Gasteiger partial charge in [0.25, 0.3) is 10.0 Å². The molecule has 0 spiro atoms. The number of amides is 2. The standard InChI is InChI=1S/C24H28N4O5S2/c1-16-22(34-23(25-16)26-24(30)28-13-5-3-4-6-14-28)17-7-12-20(33-2)21(15-17)35(31,32)27-18-8-10-19(29)11-9-18/h7-12,15,27,29H,3-6,13-14H2,1-2H3,(H,25,26,30). The first-order valence-corrected chi connectivity index (χ1v) is 13.6. The molecule has 11 heteroatoms. The summed E-state index contributed by atoms with van der Waals surface area (Å²) in [5.41, 5.74) is 1.63. The molecule has 2 aromatic carbocycles.